The smallest absolute Gasteiger partial charge is 0.0151 e. The third-order valence-corrected chi connectivity index (χ3v) is 3.29. The van der Waals surface area contributed by atoms with Crippen LogP contribution in [0, 0.1) is 0 Å². The van der Waals surface area contributed by atoms with Gasteiger partial charge in [0.25, 0.3) is 0 Å². The van der Waals surface area contributed by atoms with E-state index in [0.29, 0.717) is 0 Å². The first-order valence-corrected chi connectivity index (χ1v) is 6.82. The van der Waals surface area contributed by atoms with Crippen molar-refractivity contribution in [1.82, 2.24) is 0 Å². The molecular weight excluding hydrogens is 163 g/mol. The van der Waals surface area contributed by atoms with Gasteiger partial charge >= 0.3 is 0 Å². The van der Waals surface area contributed by atoms with E-state index in [1.165, 1.54) is 11.7 Å². The van der Waals surface area contributed by atoms with E-state index in [1.807, 2.05) is 0 Å². The maximum absolute atomic E-state index is 2.34. The predicted molar refractivity (Wildman–Crippen MR) is 58.5 cm³/mol. The molecule has 66 valence electrons. The fourth-order valence-corrected chi connectivity index (χ4v) is 2.74. The lowest BCUT2D eigenvalue weighted by Crippen LogP contribution is -1.97. The SMILES string of the molecule is CC(CP(C)C)c1ccccc1. The number of benzene rings is 1. The van der Waals surface area contributed by atoms with Crippen LogP contribution in [0.25, 0.3) is 0 Å². The number of rotatable bonds is 3. The van der Waals surface area contributed by atoms with Crippen LogP contribution in [0.3, 0.4) is 0 Å². The zero-order valence-corrected chi connectivity index (χ0v) is 9.01. The molecule has 1 aromatic rings. The van der Waals surface area contributed by atoms with Gasteiger partial charge in [0, 0.05) is 0 Å². The van der Waals surface area contributed by atoms with Crippen molar-refractivity contribution in [3.63, 3.8) is 0 Å². The topological polar surface area (TPSA) is 0 Å². The summed E-state index contributed by atoms with van der Waals surface area (Å²) in [6.45, 7) is 7.00. The summed E-state index contributed by atoms with van der Waals surface area (Å²) in [7, 11) is 0.237. The quantitative estimate of drug-likeness (QED) is 0.624. The summed E-state index contributed by atoms with van der Waals surface area (Å²) in [4.78, 5) is 0. The normalized spacial score (nSPS) is 13.3. The zero-order valence-electron chi connectivity index (χ0n) is 8.12. The molecule has 0 amide bonds. The highest BCUT2D eigenvalue weighted by atomic mass is 31.1. The van der Waals surface area contributed by atoms with Crippen molar-refractivity contribution in [2.24, 2.45) is 0 Å². The second-order valence-electron chi connectivity index (χ2n) is 3.57. The van der Waals surface area contributed by atoms with E-state index in [0.717, 1.165) is 5.92 Å². The number of hydrogen-bond acceptors (Lipinski definition) is 0. The molecule has 0 bridgehead atoms. The van der Waals surface area contributed by atoms with Gasteiger partial charge in [0.15, 0.2) is 0 Å². The minimum Gasteiger partial charge on any atom is -0.113 e. The van der Waals surface area contributed by atoms with Crippen LogP contribution in [0.5, 0.6) is 0 Å². The second-order valence-corrected chi connectivity index (χ2v) is 6.10. The Hall–Kier alpha value is -0.350. The third-order valence-electron chi connectivity index (χ3n) is 2.01. The van der Waals surface area contributed by atoms with Crippen molar-refractivity contribution in [1.29, 1.82) is 0 Å². The minimum atomic E-state index is 0.237. The molecule has 0 saturated carbocycles. The summed E-state index contributed by atoms with van der Waals surface area (Å²) in [6.07, 6.45) is 1.35. The van der Waals surface area contributed by atoms with Crippen molar-refractivity contribution in [2.45, 2.75) is 12.8 Å². The van der Waals surface area contributed by atoms with Crippen LogP contribution in [0.1, 0.15) is 18.4 Å². The lowest BCUT2D eigenvalue weighted by atomic mass is 10.0. The highest BCUT2D eigenvalue weighted by Gasteiger charge is 2.05. The maximum atomic E-state index is 2.34. The first-order valence-electron chi connectivity index (χ1n) is 4.40. The maximum Gasteiger partial charge on any atom is -0.0151 e. The van der Waals surface area contributed by atoms with Crippen LogP contribution < -0.4 is 0 Å². The fourth-order valence-electron chi connectivity index (χ4n) is 1.43. The Kier molecular flexibility index (Phi) is 3.75. The van der Waals surface area contributed by atoms with Gasteiger partial charge < -0.3 is 0 Å². The van der Waals surface area contributed by atoms with E-state index in [2.05, 4.69) is 50.6 Å². The molecule has 0 aliphatic rings. The molecule has 0 aromatic heterocycles. The highest BCUT2D eigenvalue weighted by molar-refractivity contribution is 7.56. The van der Waals surface area contributed by atoms with E-state index < -0.39 is 0 Å². The number of hydrogen-bond donors (Lipinski definition) is 0. The van der Waals surface area contributed by atoms with Crippen molar-refractivity contribution in [3.05, 3.63) is 35.9 Å². The molecule has 0 aliphatic carbocycles. The Bertz CT molecular complexity index is 216. The minimum absolute atomic E-state index is 0.237. The van der Waals surface area contributed by atoms with Crippen molar-refractivity contribution in [2.75, 3.05) is 19.5 Å². The third kappa shape index (κ3) is 2.95. The van der Waals surface area contributed by atoms with Crippen LogP contribution in [-0.4, -0.2) is 19.5 Å². The van der Waals surface area contributed by atoms with Gasteiger partial charge in [0.2, 0.25) is 0 Å². The Labute approximate surface area is 76.8 Å². The largest absolute Gasteiger partial charge is 0.113 e. The summed E-state index contributed by atoms with van der Waals surface area (Å²) in [5.41, 5.74) is 1.48. The van der Waals surface area contributed by atoms with Crippen molar-refractivity contribution >= 4 is 7.92 Å². The van der Waals surface area contributed by atoms with E-state index in [-0.39, 0.29) is 7.92 Å². The van der Waals surface area contributed by atoms with Crippen LogP contribution in [-0.2, 0) is 0 Å². The molecule has 1 unspecified atom stereocenters. The van der Waals surface area contributed by atoms with Crippen LogP contribution in [0.15, 0.2) is 30.3 Å². The summed E-state index contributed by atoms with van der Waals surface area (Å²) in [5.74, 6) is 0.729. The molecule has 1 aromatic carbocycles. The van der Waals surface area contributed by atoms with Gasteiger partial charge in [-0.25, -0.2) is 0 Å². The van der Waals surface area contributed by atoms with Crippen molar-refractivity contribution < 1.29 is 0 Å². The van der Waals surface area contributed by atoms with E-state index in [1.54, 1.807) is 0 Å². The Morgan fingerprint density at radius 1 is 1.17 bits per heavy atom. The standard InChI is InChI=1S/C11H17P/c1-10(9-12(2)3)11-7-5-4-6-8-11/h4-8,10H,9H2,1-3H3. The van der Waals surface area contributed by atoms with E-state index >= 15 is 0 Å². The van der Waals surface area contributed by atoms with Crippen LogP contribution >= 0.6 is 7.92 Å². The fraction of sp³-hybridized carbons (Fsp3) is 0.455. The van der Waals surface area contributed by atoms with Gasteiger partial charge in [-0.1, -0.05) is 37.3 Å². The average Bonchev–Trinajstić information content (AvgIpc) is 2.05. The lowest BCUT2D eigenvalue weighted by molar-refractivity contribution is 0.875. The highest BCUT2D eigenvalue weighted by Crippen LogP contribution is 2.32. The summed E-state index contributed by atoms with van der Waals surface area (Å²) in [6, 6.07) is 10.8. The van der Waals surface area contributed by atoms with Gasteiger partial charge in [-0.2, -0.15) is 0 Å². The van der Waals surface area contributed by atoms with E-state index in [4.69, 9.17) is 0 Å². The first-order chi connectivity index (χ1) is 5.70. The molecule has 12 heavy (non-hydrogen) atoms. The van der Waals surface area contributed by atoms with Crippen LogP contribution in [0.2, 0.25) is 0 Å². The molecule has 0 fully saturated rings. The molecule has 0 heterocycles. The average molecular weight is 180 g/mol. The monoisotopic (exact) mass is 180 g/mol. The molecule has 0 radical (unpaired) electrons. The summed E-state index contributed by atoms with van der Waals surface area (Å²) in [5, 5.41) is 0. The molecule has 1 atom stereocenters. The molecule has 0 nitrogen and oxygen atoms in total. The van der Waals surface area contributed by atoms with Gasteiger partial charge in [-0.15, -0.1) is 7.92 Å². The molecule has 0 N–H and O–H groups in total. The Balaban J connectivity index is 2.59. The zero-order chi connectivity index (χ0) is 8.97. The van der Waals surface area contributed by atoms with Gasteiger partial charge in [-0.05, 0) is 31.0 Å². The molecule has 1 heteroatoms. The molecule has 1 rings (SSSR count). The first kappa shape index (κ1) is 9.74. The van der Waals surface area contributed by atoms with Gasteiger partial charge in [-0.3, -0.25) is 0 Å². The van der Waals surface area contributed by atoms with Crippen molar-refractivity contribution in [3.8, 4) is 0 Å². The molecule has 0 spiro atoms. The Morgan fingerprint density at radius 2 is 1.75 bits per heavy atom. The van der Waals surface area contributed by atoms with Crippen LogP contribution in [0.4, 0.5) is 0 Å². The van der Waals surface area contributed by atoms with Gasteiger partial charge in [0.05, 0.1) is 0 Å². The molecular formula is C11H17P. The summed E-state index contributed by atoms with van der Waals surface area (Å²) < 4.78 is 0. The Morgan fingerprint density at radius 3 is 2.25 bits per heavy atom. The van der Waals surface area contributed by atoms with Gasteiger partial charge in [0.1, 0.15) is 0 Å². The second kappa shape index (κ2) is 4.62. The summed E-state index contributed by atoms with van der Waals surface area (Å²) >= 11 is 0. The molecule has 0 aliphatic heterocycles. The predicted octanol–water partition coefficient (Wildman–Crippen LogP) is 3.53. The van der Waals surface area contributed by atoms with E-state index in [9.17, 15) is 0 Å². The lowest BCUT2D eigenvalue weighted by Gasteiger charge is -2.14. The molecule has 0 saturated heterocycles.